The molecular weight excluding hydrogens is 332 g/mol. The van der Waals surface area contributed by atoms with Crippen molar-refractivity contribution in [2.75, 3.05) is 32.7 Å². The Hall–Kier alpha value is -2.57. The molecule has 27 heavy (non-hydrogen) atoms. The normalized spacial score (nSPS) is 17.2. The van der Waals surface area contributed by atoms with Gasteiger partial charge in [0, 0.05) is 36.3 Å². The van der Waals surface area contributed by atoms with Crippen LogP contribution in [0.5, 0.6) is 0 Å². The van der Waals surface area contributed by atoms with Crippen molar-refractivity contribution < 1.29 is 4.79 Å². The minimum absolute atomic E-state index is 0.177. The third-order valence-electron chi connectivity index (χ3n) is 5.53. The van der Waals surface area contributed by atoms with E-state index >= 15 is 0 Å². The number of nitrogens with zero attached hydrogens (tertiary/aromatic N) is 2. The zero-order chi connectivity index (χ0) is 18.5. The maximum atomic E-state index is 12.9. The molecule has 0 aromatic heterocycles. The molecule has 1 saturated heterocycles. The highest BCUT2D eigenvalue weighted by molar-refractivity contribution is 5.97. The fraction of sp³-hybridized carbons (Fsp3) is 0.375. The molecular formula is C24H26N2O. The highest BCUT2D eigenvalue weighted by Crippen LogP contribution is 2.20. The predicted molar refractivity (Wildman–Crippen MR) is 109 cm³/mol. The zero-order valence-electron chi connectivity index (χ0n) is 15.8. The third kappa shape index (κ3) is 4.40. The lowest BCUT2D eigenvalue weighted by atomic mass is 9.96. The molecule has 0 bridgehead atoms. The van der Waals surface area contributed by atoms with Crippen LogP contribution in [-0.4, -0.2) is 48.4 Å². The van der Waals surface area contributed by atoms with Crippen molar-refractivity contribution in [3.8, 4) is 11.8 Å². The second-order valence-electron chi connectivity index (χ2n) is 7.43. The molecule has 0 spiro atoms. The highest BCUT2D eigenvalue weighted by atomic mass is 16.2. The minimum Gasteiger partial charge on any atom is -0.337 e. The quantitative estimate of drug-likeness (QED) is 0.783. The average molecular weight is 358 g/mol. The lowest BCUT2D eigenvalue weighted by Gasteiger charge is -2.32. The summed E-state index contributed by atoms with van der Waals surface area (Å²) in [6, 6.07) is 16.0. The Morgan fingerprint density at radius 1 is 0.815 bits per heavy atom. The SMILES string of the molecule is O=C1c2ccc(C#Cc3ccccc3)cc2CCN1CCN1CCCCC1. The summed E-state index contributed by atoms with van der Waals surface area (Å²) in [6.07, 6.45) is 4.86. The summed E-state index contributed by atoms with van der Waals surface area (Å²) in [5.74, 6) is 6.59. The van der Waals surface area contributed by atoms with Crippen LogP contribution in [-0.2, 0) is 6.42 Å². The van der Waals surface area contributed by atoms with Crippen LogP contribution in [0.4, 0.5) is 0 Å². The molecule has 2 aliphatic heterocycles. The Labute approximate surface area is 162 Å². The topological polar surface area (TPSA) is 23.6 Å². The molecule has 0 N–H and O–H groups in total. The van der Waals surface area contributed by atoms with Gasteiger partial charge in [0.2, 0.25) is 0 Å². The summed E-state index contributed by atoms with van der Waals surface area (Å²) < 4.78 is 0. The summed E-state index contributed by atoms with van der Waals surface area (Å²) >= 11 is 0. The number of hydrogen-bond donors (Lipinski definition) is 0. The van der Waals surface area contributed by atoms with E-state index in [2.05, 4.69) is 22.8 Å². The lowest BCUT2D eigenvalue weighted by molar-refractivity contribution is 0.0713. The Bertz CT molecular complexity index is 857. The van der Waals surface area contributed by atoms with E-state index in [1.165, 1.54) is 32.4 Å². The number of piperidine rings is 1. The van der Waals surface area contributed by atoms with Gasteiger partial charge in [-0.1, -0.05) is 36.5 Å². The molecule has 0 radical (unpaired) electrons. The van der Waals surface area contributed by atoms with Gasteiger partial charge in [0.05, 0.1) is 0 Å². The molecule has 1 fully saturated rings. The van der Waals surface area contributed by atoms with Crippen molar-refractivity contribution in [2.24, 2.45) is 0 Å². The van der Waals surface area contributed by atoms with Gasteiger partial charge in [-0.05, 0) is 68.2 Å². The predicted octanol–water partition coefficient (Wildman–Crippen LogP) is 3.57. The summed E-state index contributed by atoms with van der Waals surface area (Å²) in [5, 5.41) is 0. The smallest absolute Gasteiger partial charge is 0.254 e. The minimum atomic E-state index is 0.177. The van der Waals surface area contributed by atoms with Crippen LogP contribution in [0.25, 0.3) is 0 Å². The van der Waals surface area contributed by atoms with Crippen LogP contribution in [0.2, 0.25) is 0 Å². The second-order valence-corrected chi connectivity index (χ2v) is 7.43. The number of carbonyl (C=O) groups excluding carboxylic acids is 1. The summed E-state index contributed by atoms with van der Waals surface area (Å²) in [7, 11) is 0. The van der Waals surface area contributed by atoms with E-state index in [0.29, 0.717) is 0 Å². The third-order valence-corrected chi connectivity index (χ3v) is 5.53. The molecule has 138 valence electrons. The van der Waals surface area contributed by atoms with Crippen LogP contribution >= 0.6 is 0 Å². The molecule has 2 heterocycles. The van der Waals surface area contributed by atoms with Crippen molar-refractivity contribution in [3.05, 3.63) is 70.8 Å². The molecule has 1 amide bonds. The van der Waals surface area contributed by atoms with E-state index in [9.17, 15) is 4.79 Å². The molecule has 0 aliphatic carbocycles. The number of carbonyl (C=O) groups is 1. The Morgan fingerprint density at radius 2 is 1.59 bits per heavy atom. The monoisotopic (exact) mass is 358 g/mol. The van der Waals surface area contributed by atoms with Crippen molar-refractivity contribution in [3.63, 3.8) is 0 Å². The van der Waals surface area contributed by atoms with E-state index in [1.54, 1.807) is 0 Å². The maximum absolute atomic E-state index is 12.9. The van der Waals surface area contributed by atoms with Gasteiger partial charge in [-0.2, -0.15) is 0 Å². The first-order chi connectivity index (χ1) is 13.3. The lowest BCUT2D eigenvalue weighted by Crippen LogP contribution is -2.43. The van der Waals surface area contributed by atoms with Gasteiger partial charge in [-0.3, -0.25) is 4.79 Å². The average Bonchev–Trinajstić information content (AvgIpc) is 2.73. The van der Waals surface area contributed by atoms with Crippen LogP contribution < -0.4 is 0 Å². The van der Waals surface area contributed by atoms with E-state index < -0.39 is 0 Å². The molecule has 0 saturated carbocycles. The summed E-state index contributed by atoms with van der Waals surface area (Å²) in [5.41, 5.74) is 3.97. The van der Waals surface area contributed by atoms with Gasteiger partial charge in [0.15, 0.2) is 0 Å². The van der Waals surface area contributed by atoms with Gasteiger partial charge in [0.25, 0.3) is 5.91 Å². The van der Waals surface area contributed by atoms with Crippen molar-refractivity contribution in [2.45, 2.75) is 25.7 Å². The van der Waals surface area contributed by atoms with Crippen LogP contribution in [0.3, 0.4) is 0 Å². The van der Waals surface area contributed by atoms with Crippen LogP contribution in [0.1, 0.15) is 46.3 Å². The fourth-order valence-corrected chi connectivity index (χ4v) is 3.94. The molecule has 0 unspecified atom stereocenters. The Kier molecular flexibility index (Phi) is 5.55. The first-order valence-electron chi connectivity index (χ1n) is 10.0. The van der Waals surface area contributed by atoms with Gasteiger partial charge >= 0.3 is 0 Å². The van der Waals surface area contributed by atoms with E-state index in [-0.39, 0.29) is 5.91 Å². The van der Waals surface area contributed by atoms with Gasteiger partial charge in [-0.15, -0.1) is 0 Å². The highest BCUT2D eigenvalue weighted by Gasteiger charge is 2.24. The standard InChI is InChI=1S/C24H26N2O/c27-24-23-12-11-21(10-9-20-7-3-1-4-8-20)19-22(23)13-16-26(24)18-17-25-14-5-2-6-15-25/h1,3-4,7-8,11-12,19H,2,5-6,13-18H2. The van der Waals surface area contributed by atoms with Gasteiger partial charge < -0.3 is 9.80 Å². The molecule has 2 aromatic carbocycles. The number of fused-ring (bicyclic) bond motifs is 1. The molecule has 3 heteroatoms. The van der Waals surface area contributed by atoms with Crippen molar-refractivity contribution in [1.82, 2.24) is 9.80 Å². The maximum Gasteiger partial charge on any atom is 0.254 e. The molecule has 2 aliphatic rings. The van der Waals surface area contributed by atoms with Crippen LogP contribution in [0, 0.1) is 11.8 Å². The molecule has 2 aromatic rings. The number of benzene rings is 2. The Morgan fingerprint density at radius 3 is 2.41 bits per heavy atom. The first-order valence-corrected chi connectivity index (χ1v) is 10.0. The van der Waals surface area contributed by atoms with E-state index in [0.717, 1.165) is 48.3 Å². The fourth-order valence-electron chi connectivity index (χ4n) is 3.94. The largest absolute Gasteiger partial charge is 0.337 e. The summed E-state index contributed by atoms with van der Waals surface area (Å²) in [4.78, 5) is 17.4. The van der Waals surface area contributed by atoms with E-state index in [4.69, 9.17) is 0 Å². The number of likely N-dealkylation sites (tertiary alicyclic amines) is 1. The number of hydrogen-bond acceptors (Lipinski definition) is 2. The van der Waals surface area contributed by atoms with Crippen molar-refractivity contribution in [1.29, 1.82) is 0 Å². The molecule has 4 rings (SSSR count). The second kappa shape index (κ2) is 8.41. The number of amides is 1. The Balaban J connectivity index is 1.42. The molecule has 3 nitrogen and oxygen atoms in total. The molecule has 0 atom stereocenters. The summed E-state index contributed by atoms with van der Waals surface area (Å²) in [6.45, 7) is 5.02. The number of rotatable bonds is 3. The zero-order valence-corrected chi connectivity index (χ0v) is 15.8. The van der Waals surface area contributed by atoms with Crippen molar-refractivity contribution >= 4 is 5.91 Å². The first kappa shape index (κ1) is 17.8. The van der Waals surface area contributed by atoms with E-state index in [1.807, 2.05) is 47.4 Å². The van der Waals surface area contributed by atoms with Gasteiger partial charge in [0.1, 0.15) is 0 Å². The van der Waals surface area contributed by atoms with Crippen LogP contribution in [0.15, 0.2) is 48.5 Å². The van der Waals surface area contributed by atoms with Gasteiger partial charge in [-0.25, -0.2) is 0 Å².